The molecule has 0 aliphatic heterocycles. The minimum atomic E-state index is -0.0993. The Kier molecular flexibility index (Phi) is 5.57. The van der Waals surface area contributed by atoms with E-state index in [-0.39, 0.29) is 5.91 Å². The molecule has 0 fully saturated rings. The molecule has 1 aromatic heterocycles. The van der Waals surface area contributed by atoms with Gasteiger partial charge in [-0.05, 0) is 31.5 Å². The van der Waals surface area contributed by atoms with Crippen molar-refractivity contribution < 1.29 is 9.53 Å². The molecule has 0 spiro atoms. The molecule has 1 heterocycles. The van der Waals surface area contributed by atoms with E-state index in [2.05, 4.69) is 10.4 Å². The number of carbonyl (C=O) groups excluding carboxylic acids is 1. The van der Waals surface area contributed by atoms with Gasteiger partial charge in [-0.15, -0.1) is 0 Å². The Labute approximate surface area is 135 Å². The highest BCUT2D eigenvalue weighted by Crippen LogP contribution is 2.19. The number of nitrogens with one attached hydrogen (secondary N) is 1. The van der Waals surface area contributed by atoms with Crippen LogP contribution in [0.1, 0.15) is 27.3 Å². The Morgan fingerprint density at radius 2 is 2.00 bits per heavy atom. The third-order valence-corrected chi connectivity index (χ3v) is 3.98. The molecule has 0 atom stereocenters. The largest absolute Gasteiger partial charge is 0.383 e. The van der Waals surface area contributed by atoms with Crippen LogP contribution >= 0.6 is 11.6 Å². The van der Waals surface area contributed by atoms with Crippen molar-refractivity contribution in [3.05, 3.63) is 51.8 Å². The van der Waals surface area contributed by atoms with Gasteiger partial charge in [-0.1, -0.05) is 23.7 Å². The number of hydrogen-bond acceptors (Lipinski definition) is 3. The van der Waals surface area contributed by atoms with Gasteiger partial charge in [0.1, 0.15) is 0 Å². The van der Waals surface area contributed by atoms with E-state index < -0.39 is 0 Å². The number of aryl methyl sites for hydroxylation is 1. The maximum atomic E-state index is 11.9. The molecular formula is C16H20ClN3O2. The number of amides is 1. The summed E-state index contributed by atoms with van der Waals surface area (Å²) in [6, 6.07) is 7.47. The standard InChI is InChI=1S/C16H20ClN3O2/c1-11-15(17)12(2)20(19-11)10-13-4-6-14(7-5-13)16(21)18-8-9-22-3/h4-7H,8-10H2,1-3H3,(H,18,21). The molecule has 2 rings (SSSR count). The summed E-state index contributed by atoms with van der Waals surface area (Å²) in [5, 5.41) is 7.90. The highest BCUT2D eigenvalue weighted by molar-refractivity contribution is 6.31. The van der Waals surface area contributed by atoms with Crippen molar-refractivity contribution in [2.75, 3.05) is 20.3 Å². The molecule has 118 valence electrons. The molecule has 1 aromatic carbocycles. The monoisotopic (exact) mass is 321 g/mol. The first-order valence-corrected chi connectivity index (χ1v) is 7.46. The average molecular weight is 322 g/mol. The van der Waals surface area contributed by atoms with Crippen LogP contribution in [0.2, 0.25) is 5.02 Å². The van der Waals surface area contributed by atoms with Gasteiger partial charge in [-0.2, -0.15) is 5.10 Å². The Balaban J connectivity index is 2.02. The van der Waals surface area contributed by atoms with Crippen LogP contribution in [0.15, 0.2) is 24.3 Å². The van der Waals surface area contributed by atoms with Crippen LogP contribution in [-0.4, -0.2) is 35.9 Å². The molecule has 6 heteroatoms. The fourth-order valence-corrected chi connectivity index (χ4v) is 2.27. The lowest BCUT2D eigenvalue weighted by Crippen LogP contribution is -2.26. The van der Waals surface area contributed by atoms with E-state index in [1.54, 1.807) is 7.11 Å². The molecule has 0 aliphatic carbocycles. The molecule has 0 radical (unpaired) electrons. The van der Waals surface area contributed by atoms with Gasteiger partial charge in [0.15, 0.2) is 0 Å². The van der Waals surface area contributed by atoms with E-state index in [0.717, 1.165) is 17.0 Å². The zero-order valence-electron chi connectivity index (χ0n) is 13.0. The second-order valence-corrected chi connectivity index (χ2v) is 5.47. The first kappa shape index (κ1) is 16.5. The number of benzene rings is 1. The normalized spacial score (nSPS) is 10.7. The predicted octanol–water partition coefficient (Wildman–Crippen LogP) is 2.58. The molecule has 0 unspecified atom stereocenters. The number of aromatic nitrogens is 2. The van der Waals surface area contributed by atoms with Crippen molar-refractivity contribution in [1.29, 1.82) is 0 Å². The summed E-state index contributed by atoms with van der Waals surface area (Å²) in [6.45, 7) is 5.47. The maximum absolute atomic E-state index is 11.9. The van der Waals surface area contributed by atoms with Crippen LogP contribution in [-0.2, 0) is 11.3 Å². The summed E-state index contributed by atoms with van der Waals surface area (Å²) in [5.41, 5.74) is 3.47. The molecule has 1 amide bonds. The molecule has 0 bridgehead atoms. The molecule has 22 heavy (non-hydrogen) atoms. The summed E-state index contributed by atoms with van der Waals surface area (Å²) in [6.07, 6.45) is 0. The van der Waals surface area contributed by atoms with Crippen molar-refractivity contribution in [3.8, 4) is 0 Å². The number of hydrogen-bond donors (Lipinski definition) is 1. The van der Waals surface area contributed by atoms with Gasteiger partial charge in [-0.3, -0.25) is 9.48 Å². The van der Waals surface area contributed by atoms with Crippen LogP contribution in [0.25, 0.3) is 0 Å². The van der Waals surface area contributed by atoms with Crippen molar-refractivity contribution in [3.63, 3.8) is 0 Å². The van der Waals surface area contributed by atoms with Gasteiger partial charge < -0.3 is 10.1 Å². The zero-order valence-corrected chi connectivity index (χ0v) is 13.8. The number of ether oxygens (including phenoxy) is 1. The summed E-state index contributed by atoms with van der Waals surface area (Å²) in [5.74, 6) is -0.0993. The fraction of sp³-hybridized carbons (Fsp3) is 0.375. The average Bonchev–Trinajstić information content (AvgIpc) is 2.75. The van der Waals surface area contributed by atoms with Gasteiger partial charge in [0.2, 0.25) is 0 Å². The zero-order chi connectivity index (χ0) is 16.1. The molecule has 2 aromatic rings. The molecule has 0 saturated carbocycles. The summed E-state index contributed by atoms with van der Waals surface area (Å²) in [7, 11) is 1.60. The Morgan fingerprint density at radius 1 is 1.32 bits per heavy atom. The van der Waals surface area contributed by atoms with Gasteiger partial charge in [0.05, 0.1) is 29.6 Å². The lowest BCUT2D eigenvalue weighted by molar-refractivity contribution is 0.0937. The Hall–Kier alpha value is -1.85. The smallest absolute Gasteiger partial charge is 0.251 e. The third-order valence-electron chi connectivity index (χ3n) is 3.43. The lowest BCUT2D eigenvalue weighted by Gasteiger charge is -2.07. The predicted molar refractivity (Wildman–Crippen MR) is 86.5 cm³/mol. The van der Waals surface area contributed by atoms with Gasteiger partial charge in [0.25, 0.3) is 5.91 Å². The summed E-state index contributed by atoms with van der Waals surface area (Å²) >= 11 is 6.15. The molecule has 1 N–H and O–H groups in total. The van der Waals surface area contributed by atoms with Crippen molar-refractivity contribution in [1.82, 2.24) is 15.1 Å². The van der Waals surface area contributed by atoms with Crippen LogP contribution in [0, 0.1) is 13.8 Å². The number of methoxy groups -OCH3 is 1. The molecule has 5 nitrogen and oxygen atoms in total. The lowest BCUT2D eigenvalue weighted by atomic mass is 10.1. The first-order chi connectivity index (χ1) is 10.5. The van der Waals surface area contributed by atoms with E-state index >= 15 is 0 Å². The van der Waals surface area contributed by atoms with Crippen LogP contribution in [0.4, 0.5) is 0 Å². The van der Waals surface area contributed by atoms with Crippen molar-refractivity contribution in [2.24, 2.45) is 0 Å². The summed E-state index contributed by atoms with van der Waals surface area (Å²) in [4.78, 5) is 11.9. The highest BCUT2D eigenvalue weighted by atomic mass is 35.5. The van der Waals surface area contributed by atoms with Gasteiger partial charge in [-0.25, -0.2) is 0 Å². The number of carbonyl (C=O) groups is 1. The van der Waals surface area contributed by atoms with E-state index in [0.29, 0.717) is 30.3 Å². The van der Waals surface area contributed by atoms with Crippen LogP contribution in [0.3, 0.4) is 0 Å². The first-order valence-electron chi connectivity index (χ1n) is 7.08. The van der Waals surface area contributed by atoms with Crippen LogP contribution < -0.4 is 5.32 Å². The summed E-state index contributed by atoms with van der Waals surface area (Å²) < 4.78 is 6.77. The maximum Gasteiger partial charge on any atom is 0.251 e. The fourth-order valence-electron chi connectivity index (χ4n) is 2.13. The van der Waals surface area contributed by atoms with E-state index in [1.807, 2.05) is 42.8 Å². The minimum Gasteiger partial charge on any atom is -0.383 e. The topological polar surface area (TPSA) is 56.1 Å². The second-order valence-electron chi connectivity index (χ2n) is 5.09. The molecule has 0 aliphatic rings. The minimum absolute atomic E-state index is 0.0993. The number of halogens is 1. The Morgan fingerprint density at radius 3 is 2.55 bits per heavy atom. The van der Waals surface area contributed by atoms with E-state index in [9.17, 15) is 4.79 Å². The number of rotatable bonds is 6. The van der Waals surface area contributed by atoms with Gasteiger partial charge >= 0.3 is 0 Å². The highest BCUT2D eigenvalue weighted by Gasteiger charge is 2.10. The Bertz CT molecular complexity index is 650. The number of nitrogens with zero attached hydrogens (tertiary/aromatic N) is 2. The van der Waals surface area contributed by atoms with Crippen molar-refractivity contribution >= 4 is 17.5 Å². The quantitative estimate of drug-likeness (QED) is 0.832. The van der Waals surface area contributed by atoms with Gasteiger partial charge in [0, 0.05) is 19.2 Å². The van der Waals surface area contributed by atoms with Crippen molar-refractivity contribution in [2.45, 2.75) is 20.4 Å². The second kappa shape index (κ2) is 7.42. The molecular weight excluding hydrogens is 302 g/mol. The molecule has 0 saturated heterocycles. The third kappa shape index (κ3) is 3.87. The van der Waals surface area contributed by atoms with E-state index in [1.165, 1.54) is 0 Å². The van der Waals surface area contributed by atoms with Crippen LogP contribution in [0.5, 0.6) is 0 Å². The SMILES string of the molecule is COCCNC(=O)c1ccc(Cn2nc(C)c(Cl)c2C)cc1. The van der Waals surface area contributed by atoms with E-state index in [4.69, 9.17) is 16.3 Å².